The average molecular weight is 702 g/mol. The first-order chi connectivity index (χ1) is 24.6. The van der Waals surface area contributed by atoms with Gasteiger partial charge in [0.15, 0.2) is 5.82 Å². The molecule has 8 rings (SSSR count). The molecule has 0 bridgehead atoms. The fourth-order valence-electron chi connectivity index (χ4n) is 8.07. The highest BCUT2D eigenvalue weighted by molar-refractivity contribution is 6.01. The van der Waals surface area contributed by atoms with Crippen LogP contribution in [-0.4, -0.2) is 98.4 Å². The molecule has 1 N–H and O–H groups in total. The minimum atomic E-state index is -0.965. The number of phenolic OH excluding ortho intramolecular Hbond substituents is 1. The van der Waals surface area contributed by atoms with Gasteiger partial charge < -0.3 is 19.5 Å². The van der Waals surface area contributed by atoms with Gasteiger partial charge in [-0.2, -0.15) is 15.1 Å². The first-order valence-electron chi connectivity index (χ1n) is 17.4. The molecule has 266 valence electrons. The molecule has 0 saturated carbocycles. The van der Waals surface area contributed by atoms with Crippen molar-refractivity contribution in [2.45, 2.75) is 51.2 Å². The largest absolute Gasteiger partial charge is 0.508 e. The highest BCUT2D eigenvalue weighted by atomic mass is 19.1. The van der Waals surface area contributed by atoms with E-state index in [0.29, 0.717) is 53.8 Å². The van der Waals surface area contributed by atoms with Crippen LogP contribution in [0.5, 0.6) is 11.8 Å². The zero-order valence-corrected chi connectivity index (χ0v) is 28.4. The highest BCUT2D eigenvalue weighted by Gasteiger charge is 2.49. The van der Waals surface area contributed by atoms with Crippen molar-refractivity contribution < 1.29 is 32.5 Å². The van der Waals surface area contributed by atoms with Gasteiger partial charge in [0, 0.05) is 44.0 Å². The van der Waals surface area contributed by atoms with Crippen molar-refractivity contribution in [2.75, 3.05) is 50.9 Å². The van der Waals surface area contributed by atoms with Gasteiger partial charge in [0.05, 0.1) is 35.8 Å². The average Bonchev–Trinajstić information content (AvgIpc) is 3.74. The number of hydrogen-bond donors (Lipinski definition) is 1. The van der Waals surface area contributed by atoms with Crippen LogP contribution in [-0.2, 0) is 11.2 Å². The number of hydrogen-bond acceptors (Lipinski definition) is 10. The Balaban J connectivity index is 1.25. The molecule has 6 heterocycles. The van der Waals surface area contributed by atoms with Crippen molar-refractivity contribution in [1.29, 1.82) is 0 Å². The third-order valence-electron chi connectivity index (χ3n) is 10.5. The van der Waals surface area contributed by atoms with Gasteiger partial charge in [-0.3, -0.25) is 14.7 Å². The molecule has 14 heteroatoms. The Kier molecular flexibility index (Phi) is 8.53. The number of anilines is 1. The number of carbonyl (C=O) groups excluding carboxylic acids is 1. The number of aromatic nitrogens is 5. The molecule has 1 unspecified atom stereocenters. The normalized spacial score (nSPS) is 22.5. The molecule has 5 aromatic rings. The van der Waals surface area contributed by atoms with E-state index in [-0.39, 0.29) is 66.2 Å². The molecule has 0 radical (unpaired) electrons. The van der Waals surface area contributed by atoms with Gasteiger partial charge in [-0.1, -0.05) is 13.0 Å². The van der Waals surface area contributed by atoms with E-state index < -0.39 is 29.3 Å². The Hall–Kier alpha value is -4.82. The lowest BCUT2D eigenvalue weighted by atomic mass is 9.94. The fourth-order valence-corrected chi connectivity index (χ4v) is 8.07. The predicted octanol–water partition coefficient (Wildman–Crippen LogP) is 5.64. The number of aromatic hydroxyl groups is 1. The molecule has 3 fully saturated rings. The lowest BCUT2D eigenvalue weighted by Gasteiger charge is -2.31. The summed E-state index contributed by atoms with van der Waals surface area (Å²) in [5.41, 5.74) is 0.552. The van der Waals surface area contributed by atoms with Gasteiger partial charge in [-0.05, 0) is 73.3 Å². The molecule has 3 aliphatic rings. The smallest absolute Gasteiger partial charge is 0.319 e. The van der Waals surface area contributed by atoms with Crippen LogP contribution >= 0.6 is 0 Å². The Morgan fingerprint density at radius 3 is 2.82 bits per heavy atom. The van der Waals surface area contributed by atoms with E-state index in [4.69, 9.17) is 14.5 Å². The standard InChI is InChI=1S/C37H38F3N7O4/c1-3-26-29(39)6-5-22-13-25(48)14-27(30(22)26)32-31(40)33-28(16-41-32)34(43-36(42-33)51-20-37-8-4-9-46(37)18-24(38)15-37)45-11-12-50-19-23(17-45)35(49)47-10-7-21(2)44-47/h5-7,10,13-14,16,23-24,48H,3-4,8-9,11-12,15,17-20H2,1-2H3/t23?,24-,37+/m1/s1. The van der Waals surface area contributed by atoms with Crippen molar-refractivity contribution in [1.82, 2.24) is 29.6 Å². The number of nitrogens with zero attached hydrogens (tertiary/aromatic N) is 7. The first kappa shape index (κ1) is 33.3. The summed E-state index contributed by atoms with van der Waals surface area (Å²) in [5, 5.41) is 16.2. The molecule has 2 aromatic carbocycles. The third kappa shape index (κ3) is 5.93. The second-order valence-electron chi connectivity index (χ2n) is 13.8. The van der Waals surface area contributed by atoms with E-state index in [0.717, 1.165) is 19.4 Å². The molecule has 3 aliphatic heterocycles. The number of halogens is 3. The number of aryl methyl sites for hydroxylation is 2. The van der Waals surface area contributed by atoms with Crippen LogP contribution in [0.15, 0.2) is 42.7 Å². The van der Waals surface area contributed by atoms with Gasteiger partial charge in [0.1, 0.15) is 41.4 Å². The number of alkyl halides is 1. The topological polar surface area (TPSA) is 119 Å². The summed E-state index contributed by atoms with van der Waals surface area (Å²) in [6.07, 6.45) is 4.43. The van der Waals surface area contributed by atoms with Crippen molar-refractivity contribution >= 4 is 33.4 Å². The van der Waals surface area contributed by atoms with Gasteiger partial charge in [-0.25, -0.2) is 17.9 Å². The Morgan fingerprint density at radius 2 is 2.02 bits per heavy atom. The van der Waals surface area contributed by atoms with Crippen LogP contribution < -0.4 is 9.64 Å². The number of rotatable bonds is 7. The van der Waals surface area contributed by atoms with E-state index in [1.165, 1.54) is 29.1 Å². The van der Waals surface area contributed by atoms with Gasteiger partial charge in [0.25, 0.3) is 5.91 Å². The minimum Gasteiger partial charge on any atom is -0.508 e. The number of benzene rings is 2. The van der Waals surface area contributed by atoms with Crippen LogP contribution in [0.25, 0.3) is 32.9 Å². The maximum Gasteiger partial charge on any atom is 0.319 e. The number of ether oxygens (including phenoxy) is 2. The molecule has 51 heavy (non-hydrogen) atoms. The molecule has 3 saturated heterocycles. The van der Waals surface area contributed by atoms with Crippen molar-refractivity contribution in [3.8, 4) is 23.0 Å². The number of pyridine rings is 1. The summed E-state index contributed by atoms with van der Waals surface area (Å²) in [4.78, 5) is 31.3. The van der Waals surface area contributed by atoms with Gasteiger partial charge >= 0.3 is 6.01 Å². The summed E-state index contributed by atoms with van der Waals surface area (Å²) in [6, 6.07) is 7.39. The van der Waals surface area contributed by atoms with Gasteiger partial charge in [0.2, 0.25) is 0 Å². The second-order valence-corrected chi connectivity index (χ2v) is 13.8. The van der Waals surface area contributed by atoms with Crippen LogP contribution in [0, 0.1) is 24.5 Å². The SMILES string of the molecule is CCc1c(F)ccc2cc(O)cc(-c3ncc4c(N5CCOCC(C(=O)n6ccc(C)n6)C5)nc(OC[C@@]56CCCN5C[C@H](F)C6)nc4c3F)c12. The summed E-state index contributed by atoms with van der Waals surface area (Å²) in [6.45, 7) is 5.78. The van der Waals surface area contributed by atoms with Crippen LogP contribution in [0.3, 0.4) is 0 Å². The Morgan fingerprint density at radius 1 is 1.16 bits per heavy atom. The monoisotopic (exact) mass is 701 g/mol. The lowest BCUT2D eigenvalue weighted by molar-refractivity contribution is 0.0688. The molecule has 3 atom stereocenters. The quantitative estimate of drug-likeness (QED) is 0.228. The zero-order valence-electron chi connectivity index (χ0n) is 28.4. The fraction of sp³-hybridized carbons (Fsp3) is 0.432. The highest BCUT2D eigenvalue weighted by Crippen LogP contribution is 2.42. The summed E-state index contributed by atoms with van der Waals surface area (Å²) in [5.74, 6) is -1.96. The zero-order chi connectivity index (χ0) is 35.4. The van der Waals surface area contributed by atoms with Crippen molar-refractivity contribution in [2.24, 2.45) is 5.92 Å². The lowest BCUT2D eigenvalue weighted by Crippen LogP contribution is -2.43. The molecule has 11 nitrogen and oxygen atoms in total. The minimum absolute atomic E-state index is 0.0998. The van der Waals surface area contributed by atoms with Crippen molar-refractivity contribution in [3.05, 3.63) is 65.6 Å². The van der Waals surface area contributed by atoms with Crippen LogP contribution in [0.1, 0.15) is 42.2 Å². The molecule has 0 spiro atoms. The van der Waals surface area contributed by atoms with Gasteiger partial charge in [-0.15, -0.1) is 0 Å². The molecular formula is C37H38F3N7O4. The molecule has 0 aliphatic carbocycles. The number of fused-ring (bicyclic) bond motifs is 3. The third-order valence-corrected chi connectivity index (χ3v) is 10.5. The van der Waals surface area contributed by atoms with Crippen LogP contribution in [0.2, 0.25) is 0 Å². The molecular weight excluding hydrogens is 663 g/mol. The van der Waals surface area contributed by atoms with E-state index in [2.05, 4.69) is 20.0 Å². The summed E-state index contributed by atoms with van der Waals surface area (Å²) < 4.78 is 60.1. The van der Waals surface area contributed by atoms with E-state index >= 15 is 8.78 Å². The van der Waals surface area contributed by atoms with Crippen LogP contribution in [0.4, 0.5) is 19.0 Å². The summed E-state index contributed by atoms with van der Waals surface area (Å²) in [7, 11) is 0. The maximum absolute atomic E-state index is 17.0. The van der Waals surface area contributed by atoms with Crippen molar-refractivity contribution in [3.63, 3.8) is 0 Å². The van der Waals surface area contributed by atoms with E-state index in [9.17, 15) is 14.3 Å². The Bertz CT molecular complexity index is 2160. The molecule has 0 amide bonds. The first-order valence-corrected chi connectivity index (χ1v) is 17.4. The Labute approximate surface area is 292 Å². The number of phenols is 1. The molecule has 3 aromatic heterocycles. The predicted molar refractivity (Wildman–Crippen MR) is 184 cm³/mol. The second kappa shape index (κ2) is 13.1. The summed E-state index contributed by atoms with van der Waals surface area (Å²) >= 11 is 0. The number of carbonyl (C=O) groups is 1. The maximum atomic E-state index is 17.0. The van der Waals surface area contributed by atoms with E-state index in [1.54, 1.807) is 32.2 Å². The van der Waals surface area contributed by atoms with E-state index in [1.807, 2.05) is 4.90 Å².